The fourth-order valence-electron chi connectivity index (χ4n) is 2.72. The van der Waals surface area contributed by atoms with Crippen LogP contribution in [0.4, 0.5) is 0 Å². The maximum Gasteiger partial charge on any atom is 0.224 e. The van der Waals surface area contributed by atoms with Crippen molar-refractivity contribution in [3.05, 3.63) is 35.4 Å². The highest BCUT2D eigenvalue weighted by atomic mass is 35.5. The summed E-state index contributed by atoms with van der Waals surface area (Å²) in [5.41, 5.74) is 2.47. The fraction of sp³-hybridized carbons (Fsp3) is 0.611. The van der Waals surface area contributed by atoms with Crippen LogP contribution in [0.5, 0.6) is 0 Å². The molecule has 1 amide bonds. The highest BCUT2D eigenvalue weighted by Crippen LogP contribution is 2.12. The Kier molecular flexibility index (Phi) is 11.3. The average Bonchev–Trinajstić information content (AvgIpc) is 2.53. The van der Waals surface area contributed by atoms with Crippen molar-refractivity contribution in [3.63, 3.8) is 0 Å². The van der Waals surface area contributed by atoms with Crippen LogP contribution in [0, 0.1) is 5.92 Å². The van der Waals surface area contributed by atoms with E-state index < -0.39 is 0 Å². The Morgan fingerprint density at radius 1 is 1.33 bits per heavy atom. The standard InChI is InChI=1S/C18H29N3O.2ClH/c1-14(2)21(3)13-16-7-4-6-15(10-16)11-20-18(22)17-8-5-9-19-12-17;;/h4,6-7,10,14,17,19H,5,8-9,11-13H2,1-3H3,(H,20,22);2*1H. The Labute approximate surface area is 158 Å². The maximum atomic E-state index is 12.2. The smallest absolute Gasteiger partial charge is 0.224 e. The topological polar surface area (TPSA) is 44.4 Å². The molecule has 1 saturated heterocycles. The lowest BCUT2D eigenvalue weighted by Gasteiger charge is -2.22. The summed E-state index contributed by atoms with van der Waals surface area (Å²) in [6.07, 6.45) is 2.09. The summed E-state index contributed by atoms with van der Waals surface area (Å²) in [4.78, 5) is 14.5. The molecule has 0 aliphatic carbocycles. The van der Waals surface area contributed by atoms with Gasteiger partial charge in [-0.15, -0.1) is 24.8 Å². The molecule has 0 aromatic heterocycles. The van der Waals surface area contributed by atoms with Crippen molar-refractivity contribution >= 4 is 30.7 Å². The Morgan fingerprint density at radius 2 is 2.04 bits per heavy atom. The van der Waals surface area contributed by atoms with Gasteiger partial charge in [0.05, 0.1) is 5.92 Å². The number of nitrogens with zero attached hydrogens (tertiary/aromatic N) is 1. The molecule has 24 heavy (non-hydrogen) atoms. The molecule has 1 aliphatic heterocycles. The minimum absolute atomic E-state index is 0. The van der Waals surface area contributed by atoms with Crippen LogP contribution in [0.3, 0.4) is 0 Å². The molecule has 1 aromatic carbocycles. The highest BCUT2D eigenvalue weighted by Gasteiger charge is 2.20. The Morgan fingerprint density at radius 3 is 2.67 bits per heavy atom. The third-order valence-electron chi connectivity index (χ3n) is 4.44. The summed E-state index contributed by atoms with van der Waals surface area (Å²) < 4.78 is 0. The number of rotatable bonds is 6. The second-order valence-electron chi connectivity index (χ2n) is 6.59. The summed E-state index contributed by atoms with van der Waals surface area (Å²) >= 11 is 0. The molecule has 0 bridgehead atoms. The van der Waals surface area contributed by atoms with Crippen molar-refractivity contribution in [2.24, 2.45) is 5.92 Å². The number of benzene rings is 1. The SMILES string of the molecule is CC(C)N(C)Cc1cccc(CNC(=O)C2CCCNC2)c1.Cl.Cl. The van der Waals surface area contributed by atoms with E-state index in [4.69, 9.17) is 0 Å². The van der Waals surface area contributed by atoms with Gasteiger partial charge in [0.15, 0.2) is 0 Å². The van der Waals surface area contributed by atoms with Crippen molar-refractivity contribution < 1.29 is 4.79 Å². The van der Waals surface area contributed by atoms with E-state index in [1.807, 2.05) is 0 Å². The first kappa shape index (κ1) is 23.2. The fourth-order valence-corrected chi connectivity index (χ4v) is 2.72. The summed E-state index contributed by atoms with van der Waals surface area (Å²) in [6.45, 7) is 7.80. The molecule has 0 saturated carbocycles. The second kappa shape index (κ2) is 11.7. The molecular weight excluding hydrogens is 345 g/mol. The number of hydrogen-bond donors (Lipinski definition) is 2. The minimum atomic E-state index is 0. The van der Waals surface area contributed by atoms with Crippen LogP contribution in [-0.2, 0) is 17.9 Å². The maximum absolute atomic E-state index is 12.2. The van der Waals surface area contributed by atoms with Crippen molar-refractivity contribution in [2.45, 2.75) is 45.8 Å². The zero-order chi connectivity index (χ0) is 15.9. The van der Waals surface area contributed by atoms with Crippen LogP contribution in [-0.4, -0.2) is 37.0 Å². The molecule has 2 rings (SSSR count). The van der Waals surface area contributed by atoms with Crippen LogP contribution in [0.15, 0.2) is 24.3 Å². The summed E-state index contributed by atoms with van der Waals surface area (Å²) in [5, 5.41) is 6.37. The van der Waals surface area contributed by atoms with E-state index in [-0.39, 0.29) is 36.6 Å². The predicted octanol–water partition coefficient (Wildman–Crippen LogP) is 2.99. The van der Waals surface area contributed by atoms with Gasteiger partial charge >= 0.3 is 0 Å². The largest absolute Gasteiger partial charge is 0.352 e. The van der Waals surface area contributed by atoms with E-state index in [1.165, 1.54) is 11.1 Å². The van der Waals surface area contributed by atoms with Gasteiger partial charge in [0, 0.05) is 25.7 Å². The normalized spacial score (nSPS) is 17.1. The van der Waals surface area contributed by atoms with Crippen LogP contribution >= 0.6 is 24.8 Å². The molecule has 0 radical (unpaired) electrons. The van der Waals surface area contributed by atoms with Gasteiger partial charge in [-0.3, -0.25) is 9.69 Å². The number of halogens is 2. The van der Waals surface area contributed by atoms with Crippen LogP contribution < -0.4 is 10.6 Å². The number of amides is 1. The molecule has 2 N–H and O–H groups in total. The monoisotopic (exact) mass is 375 g/mol. The zero-order valence-electron chi connectivity index (χ0n) is 14.9. The van der Waals surface area contributed by atoms with Gasteiger partial charge in [0.25, 0.3) is 0 Å². The van der Waals surface area contributed by atoms with E-state index in [9.17, 15) is 4.79 Å². The van der Waals surface area contributed by atoms with Crippen LogP contribution in [0.2, 0.25) is 0 Å². The average molecular weight is 376 g/mol. The molecule has 4 nitrogen and oxygen atoms in total. The molecule has 6 heteroatoms. The second-order valence-corrected chi connectivity index (χ2v) is 6.59. The molecule has 1 aliphatic rings. The lowest BCUT2D eigenvalue weighted by atomic mass is 9.99. The number of carbonyl (C=O) groups is 1. The first-order valence-corrected chi connectivity index (χ1v) is 8.32. The van der Waals surface area contributed by atoms with E-state index in [1.54, 1.807) is 0 Å². The van der Waals surface area contributed by atoms with E-state index in [0.29, 0.717) is 12.6 Å². The zero-order valence-corrected chi connectivity index (χ0v) is 16.5. The molecule has 1 heterocycles. The third-order valence-corrected chi connectivity index (χ3v) is 4.44. The van der Waals surface area contributed by atoms with Gasteiger partial charge in [-0.1, -0.05) is 24.3 Å². The lowest BCUT2D eigenvalue weighted by molar-refractivity contribution is -0.125. The summed E-state index contributed by atoms with van der Waals surface area (Å²) in [5.74, 6) is 0.306. The van der Waals surface area contributed by atoms with Gasteiger partial charge in [-0.2, -0.15) is 0 Å². The Balaban J connectivity index is 0.00000264. The molecule has 1 unspecified atom stereocenters. The highest BCUT2D eigenvalue weighted by molar-refractivity contribution is 5.85. The first-order chi connectivity index (χ1) is 10.6. The van der Waals surface area contributed by atoms with Crippen molar-refractivity contribution in [2.75, 3.05) is 20.1 Å². The number of hydrogen-bond acceptors (Lipinski definition) is 3. The Bertz CT molecular complexity index is 491. The first-order valence-electron chi connectivity index (χ1n) is 8.32. The van der Waals surface area contributed by atoms with E-state index >= 15 is 0 Å². The Hall–Kier alpha value is -0.810. The molecule has 1 aromatic rings. The molecule has 1 fully saturated rings. The predicted molar refractivity (Wildman–Crippen MR) is 105 cm³/mol. The minimum Gasteiger partial charge on any atom is -0.352 e. The van der Waals surface area contributed by atoms with Gasteiger partial charge < -0.3 is 10.6 Å². The molecule has 138 valence electrons. The van der Waals surface area contributed by atoms with Gasteiger partial charge in [-0.25, -0.2) is 0 Å². The van der Waals surface area contributed by atoms with Crippen molar-refractivity contribution in [1.82, 2.24) is 15.5 Å². The van der Waals surface area contributed by atoms with Crippen LogP contribution in [0.1, 0.15) is 37.8 Å². The number of carbonyl (C=O) groups excluding carboxylic acids is 1. The molecule has 0 spiro atoms. The van der Waals surface area contributed by atoms with Crippen molar-refractivity contribution in [3.8, 4) is 0 Å². The number of piperidine rings is 1. The summed E-state index contributed by atoms with van der Waals surface area (Å²) in [7, 11) is 2.13. The summed E-state index contributed by atoms with van der Waals surface area (Å²) in [6, 6.07) is 9.03. The lowest BCUT2D eigenvalue weighted by Crippen LogP contribution is -2.40. The van der Waals surface area contributed by atoms with E-state index in [0.717, 1.165) is 32.5 Å². The van der Waals surface area contributed by atoms with E-state index in [2.05, 4.69) is 60.7 Å². The van der Waals surface area contributed by atoms with Gasteiger partial charge in [0.1, 0.15) is 0 Å². The molecule has 1 atom stereocenters. The van der Waals surface area contributed by atoms with Crippen LogP contribution in [0.25, 0.3) is 0 Å². The van der Waals surface area contributed by atoms with Crippen molar-refractivity contribution in [1.29, 1.82) is 0 Å². The number of nitrogens with one attached hydrogen (secondary N) is 2. The van der Waals surface area contributed by atoms with Gasteiger partial charge in [-0.05, 0) is 51.4 Å². The van der Waals surface area contributed by atoms with Gasteiger partial charge in [0.2, 0.25) is 5.91 Å². The quantitative estimate of drug-likeness (QED) is 0.802. The molecular formula is C18H31Cl2N3O. The third kappa shape index (κ3) is 7.39.